The van der Waals surface area contributed by atoms with Crippen LogP contribution in [-0.2, 0) is 4.74 Å². The molecular weight excluding hydrogens is 212 g/mol. The molecule has 2 aliphatic rings. The molecule has 3 nitrogen and oxygen atoms in total. The molecule has 3 heteroatoms. The average Bonchev–Trinajstić information content (AvgIpc) is 2.80. The van der Waals surface area contributed by atoms with Crippen molar-refractivity contribution in [2.45, 2.75) is 64.6 Å². The molecule has 0 aromatic rings. The van der Waals surface area contributed by atoms with Crippen LogP contribution in [0.3, 0.4) is 0 Å². The molecule has 0 radical (unpaired) electrons. The first-order valence-electron chi connectivity index (χ1n) is 7.23. The van der Waals surface area contributed by atoms with Gasteiger partial charge in [-0.15, -0.1) is 0 Å². The third-order valence-corrected chi connectivity index (χ3v) is 4.59. The quantitative estimate of drug-likeness (QED) is 0.744. The van der Waals surface area contributed by atoms with Gasteiger partial charge in [0.1, 0.15) is 0 Å². The molecule has 1 heterocycles. The second-order valence-electron chi connectivity index (χ2n) is 6.09. The second kappa shape index (κ2) is 5.68. The largest absolute Gasteiger partial charge is 0.378 e. The SMILES string of the molecule is CCOC1CC(NCCC2CCCN2)C1(C)C. The lowest BCUT2D eigenvalue weighted by Gasteiger charge is -2.52. The van der Waals surface area contributed by atoms with Crippen molar-refractivity contribution >= 4 is 0 Å². The van der Waals surface area contributed by atoms with Crippen LogP contribution in [0.5, 0.6) is 0 Å². The summed E-state index contributed by atoms with van der Waals surface area (Å²) in [5, 5.41) is 7.26. The van der Waals surface area contributed by atoms with Crippen LogP contribution in [0.1, 0.15) is 46.5 Å². The van der Waals surface area contributed by atoms with Gasteiger partial charge in [-0.2, -0.15) is 0 Å². The Morgan fingerprint density at radius 1 is 1.41 bits per heavy atom. The van der Waals surface area contributed by atoms with Gasteiger partial charge in [-0.05, 0) is 45.7 Å². The van der Waals surface area contributed by atoms with E-state index in [1.165, 1.54) is 32.2 Å². The zero-order valence-electron chi connectivity index (χ0n) is 11.6. The summed E-state index contributed by atoms with van der Waals surface area (Å²) in [6.45, 7) is 9.93. The van der Waals surface area contributed by atoms with Crippen LogP contribution in [0, 0.1) is 5.41 Å². The van der Waals surface area contributed by atoms with Crippen LogP contribution in [0.2, 0.25) is 0 Å². The van der Waals surface area contributed by atoms with Crippen molar-refractivity contribution in [3.05, 3.63) is 0 Å². The Morgan fingerprint density at radius 2 is 2.24 bits per heavy atom. The Morgan fingerprint density at radius 3 is 2.82 bits per heavy atom. The third kappa shape index (κ3) is 3.01. The zero-order chi connectivity index (χ0) is 12.3. The highest BCUT2D eigenvalue weighted by Gasteiger charge is 2.48. The first-order chi connectivity index (χ1) is 8.14. The molecule has 2 N–H and O–H groups in total. The Kier molecular flexibility index (Phi) is 4.45. The first kappa shape index (κ1) is 13.3. The van der Waals surface area contributed by atoms with Gasteiger partial charge in [-0.25, -0.2) is 0 Å². The maximum Gasteiger partial charge on any atom is 0.0655 e. The second-order valence-corrected chi connectivity index (χ2v) is 6.09. The van der Waals surface area contributed by atoms with Gasteiger partial charge in [0.15, 0.2) is 0 Å². The molecular formula is C14H28N2O. The normalized spacial score (nSPS) is 35.8. The maximum atomic E-state index is 5.75. The van der Waals surface area contributed by atoms with E-state index >= 15 is 0 Å². The summed E-state index contributed by atoms with van der Waals surface area (Å²) in [6, 6.07) is 1.40. The number of rotatable bonds is 6. The van der Waals surface area contributed by atoms with Gasteiger partial charge in [0.25, 0.3) is 0 Å². The van der Waals surface area contributed by atoms with Gasteiger partial charge in [-0.1, -0.05) is 13.8 Å². The molecule has 0 aromatic heterocycles. The summed E-state index contributed by atoms with van der Waals surface area (Å²) < 4.78 is 5.75. The molecule has 2 fully saturated rings. The third-order valence-electron chi connectivity index (χ3n) is 4.59. The predicted octanol–water partition coefficient (Wildman–Crippen LogP) is 1.92. The van der Waals surface area contributed by atoms with Gasteiger partial charge in [0.2, 0.25) is 0 Å². The summed E-state index contributed by atoms with van der Waals surface area (Å²) in [7, 11) is 0. The number of nitrogens with one attached hydrogen (secondary N) is 2. The number of hydrogen-bond acceptors (Lipinski definition) is 3. The standard InChI is InChI=1S/C14H28N2O/c1-4-17-13-10-12(14(13,2)3)16-9-7-11-6-5-8-15-11/h11-13,15-16H,4-10H2,1-3H3. The van der Waals surface area contributed by atoms with Gasteiger partial charge in [0.05, 0.1) is 6.10 Å². The Bertz CT molecular complexity index is 236. The van der Waals surface area contributed by atoms with E-state index in [1.54, 1.807) is 0 Å². The lowest BCUT2D eigenvalue weighted by Crippen LogP contribution is -2.61. The summed E-state index contributed by atoms with van der Waals surface area (Å²) in [5.74, 6) is 0. The van der Waals surface area contributed by atoms with E-state index in [0.29, 0.717) is 17.6 Å². The average molecular weight is 240 g/mol. The number of ether oxygens (including phenoxy) is 1. The Balaban J connectivity index is 1.63. The van der Waals surface area contributed by atoms with Gasteiger partial charge in [-0.3, -0.25) is 0 Å². The zero-order valence-corrected chi connectivity index (χ0v) is 11.6. The lowest BCUT2D eigenvalue weighted by molar-refractivity contribution is -0.114. The van der Waals surface area contributed by atoms with Crippen LogP contribution in [-0.4, -0.2) is 37.9 Å². The van der Waals surface area contributed by atoms with Gasteiger partial charge < -0.3 is 15.4 Å². The van der Waals surface area contributed by atoms with E-state index in [9.17, 15) is 0 Å². The van der Waals surface area contributed by atoms with Crippen molar-refractivity contribution < 1.29 is 4.74 Å². The van der Waals surface area contributed by atoms with Crippen molar-refractivity contribution in [3.8, 4) is 0 Å². The lowest BCUT2D eigenvalue weighted by atomic mass is 9.64. The minimum atomic E-state index is 0.305. The van der Waals surface area contributed by atoms with Gasteiger partial charge >= 0.3 is 0 Å². The fourth-order valence-corrected chi connectivity index (χ4v) is 3.15. The highest BCUT2D eigenvalue weighted by molar-refractivity contribution is 5.02. The smallest absolute Gasteiger partial charge is 0.0655 e. The van der Waals surface area contributed by atoms with Crippen LogP contribution >= 0.6 is 0 Å². The molecule has 3 unspecified atom stereocenters. The molecule has 1 saturated carbocycles. The summed E-state index contributed by atoms with van der Waals surface area (Å²) >= 11 is 0. The van der Waals surface area contributed by atoms with Crippen LogP contribution in [0.25, 0.3) is 0 Å². The fraction of sp³-hybridized carbons (Fsp3) is 1.00. The number of hydrogen-bond donors (Lipinski definition) is 2. The molecule has 0 aromatic carbocycles. The molecule has 3 atom stereocenters. The predicted molar refractivity (Wildman–Crippen MR) is 71.2 cm³/mol. The van der Waals surface area contributed by atoms with Crippen LogP contribution in [0.4, 0.5) is 0 Å². The molecule has 0 spiro atoms. The molecule has 0 amide bonds. The van der Waals surface area contributed by atoms with Crippen molar-refractivity contribution in [1.82, 2.24) is 10.6 Å². The van der Waals surface area contributed by atoms with Gasteiger partial charge in [0, 0.05) is 24.1 Å². The van der Waals surface area contributed by atoms with Crippen molar-refractivity contribution in [1.29, 1.82) is 0 Å². The van der Waals surface area contributed by atoms with E-state index in [0.717, 1.165) is 19.2 Å². The molecule has 1 aliphatic heterocycles. The minimum absolute atomic E-state index is 0.305. The highest BCUT2D eigenvalue weighted by atomic mass is 16.5. The monoisotopic (exact) mass is 240 g/mol. The van der Waals surface area contributed by atoms with Crippen LogP contribution in [0.15, 0.2) is 0 Å². The van der Waals surface area contributed by atoms with E-state index in [1.807, 2.05) is 0 Å². The maximum absolute atomic E-state index is 5.75. The fourth-order valence-electron chi connectivity index (χ4n) is 3.15. The van der Waals surface area contributed by atoms with Crippen molar-refractivity contribution in [2.75, 3.05) is 19.7 Å². The molecule has 2 rings (SSSR count). The Labute approximate surface area is 106 Å². The van der Waals surface area contributed by atoms with E-state index in [4.69, 9.17) is 4.74 Å². The highest BCUT2D eigenvalue weighted by Crippen LogP contribution is 2.42. The van der Waals surface area contributed by atoms with E-state index in [-0.39, 0.29) is 0 Å². The summed E-state index contributed by atoms with van der Waals surface area (Å²) in [6.07, 6.45) is 5.61. The summed E-state index contributed by atoms with van der Waals surface area (Å²) in [5.41, 5.74) is 0.305. The first-order valence-corrected chi connectivity index (χ1v) is 7.23. The minimum Gasteiger partial charge on any atom is -0.378 e. The van der Waals surface area contributed by atoms with E-state index in [2.05, 4.69) is 31.4 Å². The van der Waals surface area contributed by atoms with Crippen molar-refractivity contribution in [3.63, 3.8) is 0 Å². The molecule has 1 saturated heterocycles. The van der Waals surface area contributed by atoms with E-state index < -0.39 is 0 Å². The molecule has 100 valence electrons. The van der Waals surface area contributed by atoms with Crippen molar-refractivity contribution in [2.24, 2.45) is 5.41 Å². The molecule has 1 aliphatic carbocycles. The topological polar surface area (TPSA) is 33.3 Å². The van der Waals surface area contributed by atoms with Crippen LogP contribution < -0.4 is 10.6 Å². The molecule has 0 bridgehead atoms. The molecule has 17 heavy (non-hydrogen) atoms. The summed E-state index contributed by atoms with van der Waals surface area (Å²) in [4.78, 5) is 0. The Hall–Kier alpha value is -0.120.